The number of nitrogens with one attached hydrogen (secondary N) is 2. The molecule has 0 aliphatic rings. The normalized spacial score (nSPS) is 10.8. The lowest BCUT2D eigenvalue weighted by atomic mass is 10.0. The highest BCUT2D eigenvalue weighted by atomic mass is 35.5. The molecule has 0 radical (unpaired) electrons. The van der Waals surface area contributed by atoms with Crippen molar-refractivity contribution in [2.24, 2.45) is 0 Å². The minimum atomic E-state index is -0.317. The first-order valence-corrected chi connectivity index (χ1v) is 12.3. The lowest BCUT2D eigenvalue weighted by molar-refractivity contribution is 0.209. The number of carbonyl (C=O) groups excluding carboxylic acids is 1. The van der Waals surface area contributed by atoms with Crippen molar-refractivity contribution in [1.29, 1.82) is 0 Å². The molecule has 0 bridgehead atoms. The first-order chi connectivity index (χ1) is 17.8. The van der Waals surface area contributed by atoms with Crippen LogP contribution < -0.4 is 20.3 Å². The first kappa shape index (κ1) is 26.1. The number of urea groups is 1. The van der Waals surface area contributed by atoms with Gasteiger partial charge in [0.25, 0.3) is 5.56 Å². The maximum absolute atomic E-state index is 13.4. The molecule has 0 unspecified atom stereocenters. The van der Waals surface area contributed by atoms with Crippen LogP contribution in [0.2, 0.25) is 5.02 Å². The van der Waals surface area contributed by atoms with Gasteiger partial charge in [0.2, 0.25) is 0 Å². The number of halogens is 1. The van der Waals surface area contributed by atoms with Gasteiger partial charge in [-0.05, 0) is 85.5 Å². The number of aromatic nitrogens is 1. The molecule has 37 heavy (non-hydrogen) atoms. The summed E-state index contributed by atoms with van der Waals surface area (Å²) in [6.07, 6.45) is 0.554. The third-order valence-corrected chi connectivity index (χ3v) is 6.50. The van der Waals surface area contributed by atoms with Gasteiger partial charge in [0.1, 0.15) is 0 Å². The average molecular weight is 520 g/mol. The molecule has 4 aromatic rings. The Morgan fingerprint density at radius 1 is 0.973 bits per heavy atom. The fourth-order valence-electron chi connectivity index (χ4n) is 4.33. The molecule has 7 nitrogen and oxygen atoms in total. The highest BCUT2D eigenvalue weighted by Crippen LogP contribution is 2.28. The molecule has 0 atom stereocenters. The van der Waals surface area contributed by atoms with Crippen molar-refractivity contribution < 1.29 is 14.3 Å². The standard InChI is InChI=1S/C29H30ClN3O4/c1-18-13-19(2)24-16-21(28(34)32-25(24)14-18)17-33(29(35)31-23-8-6-22(30)7-9-23)12-11-20-5-10-26(36-3)27(15-20)37-4/h5-10,13-16H,11-12,17H2,1-4H3,(H,31,35)(H,32,34). The van der Waals surface area contributed by atoms with Crippen LogP contribution in [0.3, 0.4) is 0 Å². The van der Waals surface area contributed by atoms with Gasteiger partial charge in [-0.25, -0.2) is 4.79 Å². The van der Waals surface area contributed by atoms with Gasteiger partial charge in [-0.2, -0.15) is 0 Å². The van der Waals surface area contributed by atoms with Gasteiger partial charge >= 0.3 is 6.03 Å². The number of hydrogen-bond acceptors (Lipinski definition) is 4. The van der Waals surface area contributed by atoms with E-state index in [2.05, 4.69) is 16.4 Å². The van der Waals surface area contributed by atoms with Gasteiger partial charge < -0.3 is 24.7 Å². The molecule has 0 fully saturated rings. The van der Waals surface area contributed by atoms with Gasteiger partial charge in [-0.1, -0.05) is 23.7 Å². The summed E-state index contributed by atoms with van der Waals surface area (Å²) in [5.41, 5.74) is 4.81. The van der Waals surface area contributed by atoms with Crippen LogP contribution in [0.5, 0.6) is 11.5 Å². The zero-order valence-electron chi connectivity index (χ0n) is 21.4. The smallest absolute Gasteiger partial charge is 0.322 e. The number of carbonyl (C=O) groups is 1. The molecular formula is C29H30ClN3O4. The topological polar surface area (TPSA) is 83.7 Å². The molecule has 192 valence electrons. The van der Waals surface area contributed by atoms with E-state index in [9.17, 15) is 9.59 Å². The second kappa shape index (κ2) is 11.4. The molecule has 8 heteroatoms. The largest absolute Gasteiger partial charge is 0.493 e. The van der Waals surface area contributed by atoms with E-state index in [1.807, 2.05) is 44.2 Å². The summed E-state index contributed by atoms with van der Waals surface area (Å²) < 4.78 is 10.7. The Bertz CT molecular complexity index is 1480. The number of aryl methyl sites for hydroxylation is 2. The molecule has 0 spiro atoms. The number of H-pyrrole nitrogens is 1. The Labute approximate surface area is 221 Å². The Morgan fingerprint density at radius 3 is 2.41 bits per heavy atom. The molecule has 0 aliphatic carbocycles. The van der Waals surface area contributed by atoms with E-state index in [1.54, 1.807) is 43.4 Å². The molecule has 2 N–H and O–H groups in total. The lowest BCUT2D eigenvalue weighted by Crippen LogP contribution is -2.37. The average Bonchev–Trinajstić information content (AvgIpc) is 2.88. The zero-order chi connectivity index (χ0) is 26.5. The summed E-state index contributed by atoms with van der Waals surface area (Å²) in [6, 6.07) is 18.2. The quantitative estimate of drug-likeness (QED) is 0.295. The van der Waals surface area contributed by atoms with Crippen molar-refractivity contribution in [2.45, 2.75) is 26.8 Å². The number of amides is 2. The van der Waals surface area contributed by atoms with E-state index in [0.717, 1.165) is 27.6 Å². The third-order valence-electron chi connectivity index (χ3n) is 6.25. The van der Waals surface area contributed by atoms with E-state index in [0.29, 0.717) is 40.7 Å². The second-order valence-electron chi connectivity index (χ2n) is 8.96. The number of methoxy groups -OCH3 is 2. The number of ether oxygens (including phenoxy) is 2. The van der Waals surface area contributed by atoms with E-state index in [4.69, 9.17) is 21.1 Å². The van der Waals surface area contributed by atoms with E-state index >= 15 is 0 Å². The maximum atomic E-state index is 13.4. The zero-order valence-corrected chi connectivity index (χ0v) is 22.1. The van der Waals surface area contributed by atoms with E-state index < -0.39 is 0 Å². The van der Waals surface area contributed by atoms with Gasteiger partial charge in [0, 0.05) is 33.7 Å². The van der Waals surface area contributed by atoms with Gasteiger partial charge in [0.05, 0.1) is 20.8 Å². The molecule has 1 aromatic heterocycles. The summed E-state index contributed by atoms with van der Waals surface area (Å²) >= 11 is 5.99. The van der Waals surface area contributed by atoms with Crippen molar-refractivity contribution in [1.82, 2.24) is 9.88 Å². The van der Waals surface area contributed by atoms with Gasteiger partial charge in [0.15, 0.2) is 11.5 Å². The number of anilines is 1. The predicted molar refractivity (Wildman–Crippen MR) is 148 cm³/mol. The minimum Gasteiger partial charge on any atom is -0.493 e. The number of rotatable bonds is 8. The first-order valence-electron chi connectivity index (χ1n) is 11.9. The summed E-state index contributed by atoms with van der Waals surface area (Å²) in [7, 11) is 3.17. The second-order valence-corrected chi connectivity index (χ2v) is 9.40. The molecule has 3 aromatic carbocycles. The molecule has 1 heterocycles. The lowest BCUT2D eigenvalue weighted by Gasteiger charge is -2.23. The maximum Gasteiger partial charge on any atom is 0.322 e. The number of pyridine rings is 1. The van der Waals surface area contributed by atoms with Gasteiger partial charge in [-0.15, -0.1) is 0 Å². The predicted octanol–water partition coefficient (Wildman–Crippen LogP) is 6.09. The summed E-state index contributed by atoms with van der Waals surface area (Å²) in [5, 5.41) is 4.45. The highest BCUT2D eigenvalue weighted by molar-refractivity contribution is 6.30. The molecular weight excluding hydrogens is 490 g/mol. The Balaban J connectivity index is 1.62. The van der Waals surface area contributed by atoms with Crippen molar-refractivity contribution in [3.63, 3.8) is 0 Å². The van der Waals surface area contributed by atoms with Crippen LogP contribution in [-0.2, 0) is 13.0 Å². The van der Waals surface area contributed by atoms with E-state index in [1.165, 1.54) is 0 Å². The van der Waals surface area contributed by atoms with Crippen LogP contribution in [0.4, 0.5) is 10.5 Å². The highest BCUT2D eigenvalue weighted by Gasteiger charge is 2.18. The van der Waals surface area contributed by atoms with Crippen molar-refractivity contribution in [3.05, 3.63) is 98.3 Å². The van der Waals surface area contributed by atoms with Crippen molar-refractivity contribution in [3.8, 4) is 11.5 Å². The van der Waals surface area contributed by atoms with Crippen LogP contribution in [0.15, 0.2) is 65.5 Å². The molecule has 2 amide bonds. The molecule has 4 rings (SSSR count). The molecule has 0 saturated heterocycles. The van der Waals surface area contributed by atoms with E-state index in [-0.39, 0.29) is 18.1 Å². The number of aromatic amines is 1. The van der Waals surface area contributed by atoms with Crippen LogP contribution >= 0.6 is 11.6 Å². The van der Waals surface area contributed by atoms with Crippen LogP contribution in [0, 0.1) is 13.8 Å². The SMILES string of the molecule is COc1ccc(CCN(Cc2cc3c(C)cc(C)cc3[nH]c2=O)C(=O)Nc2ccc(Cl)cc2)cc1OC. The Hall–Kier alpha value is -3.97. The molecule has 0 saturated carbocycles. The van der Waals surface area contributed by atoms with Crippen molar-refractivity contribution >= 4 is 34.2 Å². The van der Waals surface area contributed by atoms with Crippen LogP contribution in [-0.4, -0.2) is 36.7 Å². The summed E-state index contributed by atoms with van der Waals surface area (Å²) in [6.45, 7) is 4.53. The summed E-state index contributed by atoms with van der Waals surface area (Å²) in [5.74, 6) is 1.26. The monoisotopic (exact) mass is 519 g/mol. The summed E-state index contributed by atoms with van der Waals surface area (Å²) in [4.78, 5) is 30.9. The Morgan fingerprint density at radius 2 is 1.70 bits per heavy atom. The van der Waals surface area contributed by atoms with Crippen LogP contribution in [0.1, 0.15) is 22.3 Å². The number of nitrogens with zero attached hydrogens (tertiary/aromatic N) is 1. The fraction of sp³-hybridized carbons (Fsp3) is 0.241. The number of fused-ring (bicyclic) bond motifs is 1. The van der Waals surface area contributed by atoms with Gasteiger partial charge in [-0.3, -0.25) is 4.79 Å². The minimum absolute atomic E-state index is 0.144. The number of hydrogen-bond donors (Lipinski definition) is 2. The van der Waals surface area contributed by atoms with Crippen molar-refractivity contribution in [2.75, 3.05) is 26.1 Å². The van der Waals surface area contributed by atoms with Crippen LogP contribution in [0.25, 0.3) is 10.9 Å². The third kappa shape index (κ3) is 6.24. The Kier molecular flexibility index (Phi) is 8.04. The fourth-order valence-corrected chi connectivity index (χ4v) is 4.45. The number of benzene rings is 3. The molecule has 0 aliphatic heterocycles.